The minimum absolute atomic E-state index is 0.0444. The van der Waals surface area contributed by atoms with Gasteiger partial charge in [-0.15, -0.1) is 11.3 Å². The first-order valence-corrected chi connectivity index (χ1v) is 11.2. The standard InChI is InChI=1S/C17H27N3O4S2/c1-4-12(2)18-16(21)13(3)19-17(22)14-7-5-9-20(11-14)26(23,24)15-8-6-10-25-15/h6,8,10,12-14H,4-5,7,9,11H2,1-3H3,(H,18,21)(H,19,22). The van der Waals surface area contributed by atoms with Crippen molar-refractivity contribution >= 4 is 33.2 Å². The van der Waals surface area contributed by atoms with Gasteiger partial charge in [0.25, 0.3) is 10.0 Å². The molecular weight excluding hydrogens is 374 g/mol. The Bertz CT molecular complexity index is 718. The average molecular weight is 402 g/mol. The van der Waals surface area contributed by atoms with Crippen LogP contribution in [0.1, 0.15) is 40.0 Å². The van der Waals surface area contributed by atoms with Crippen molar-refractivity contribution in [3.8, 4) is 0 Å². The van der Waals surface area contributed by atoms with Gasteiger partial charge in [0.15, 0.2) is 0 Å². The van der Waals surface area contributed by atoms with Crippen LogP contribution in [-0.2, 0) is 19.6 Å². The summed E-state index contributed by atoms with van der Waals surface area (Å²) < 4.78 is 26.9. The Balaban J connectivity index is 1.96. The molecule has 2 rings (SSSR count). The molecule has 0 radical (unpaired) electrons. The molecule has 0 spiro atoms. The third-order valence-electron chi connectivity index (χ3n) is 4.60. The van der Waals surface area contributed by atoms with Gasteiger partial charge in [0.05, 0.1) is 5.92 Å². The molecule has 146 valence electrons. The second-order valence-electron chi connectivity index (χ2n) is 6.68. The molecule has 1 aromatic rings. The lowest BCUT2D eigenvalue weighted by Gasteiger charge is -2.31. The van der Waals surface area contributed by atoms with E-state index in [9.17, 15) is 18.0 Å². The van der Waals surface area contributed by atoms with Crippen LogP contribution in [-0.4, -0.2) is 49.7 Å². The molecular formula is C17H27N3O4S2. The van der Waals surface area contributed by atoms with Crippen LogP contribution < -0.4 is 10.6 Å². The van der Waals surface area contributed by atoms with E-state index < -0.39 is 22.0 Å². The minimum Gasteiger partial charge on any atom is -0.352 e. The molecule has 7 nitrogen and oxygen atoms in total. The zero-order chi connectivity index (χ0) is 19.3. The monoisotopic (exact) mass is 401 g/mol. The van der Waals surface area contributed by atoms with Gasteiger partial charge < -0.3 is 10.6 Å². The molecule has 1 aliphatic heterocycles. The van der Waals surface area contributed by atoms with Crippen molar-refractivity contribution < 1.29 is 18.0 Å². The van der Waals surface area contributed by atoms with Crippen molar-refractivity contribution in [3.05, 3.63) is 17.5 Å². The molecule has 26 heavy (non-hydrogen) atoms. The Hall–Kier alpha value is -1.45. The third-order valence-corrected chi connectivity index (χ3v) is 7.84. The van der Waals surface area contributed by atoms with Crippen LogP contribution in [0.15, 0.2) is 21.7 Å². The summed E-state index contributed by atoms with van der Waals surface area (Å²) in [6, 6.07) is 2.66. The van der Waals surface area contributed by atoms with Crippen LogP contribution in [0.5, 0.6) is 0 Å². The second kappa shape index (κ2) is 8.96. The number of nitrogens with one attached hydrogen (secondary N) is 2. The molecule has 0 bridgehead atoms. The number of amides is 2. The highest BCUT2D eigenvalue weighted by atomic mass is 32.2. The Kier molecular flexibility index (Phi) is 7.19. The molecule has 3 atom stereocenters. The van der Waals surface area contributed by atoms with Crippen molar-refractivity contribution in [2.45, 2.75) is 56.3 Å². The first kappa shape index (κ1) is 20.9. The Morgan fingerprint density at radius 3 is 2.69 bits per heavy atom. The number of hydrogen-bond acceptors (Lipinski definition) is 5. The highest BCUT2D eigenvalue weighted by molar-refractivity contribution is 7.91. The summed E-state index contributed by atoms with van der Waals surface area (Å²) in [5.74, 6) is -0.952. The van der Waals surface area contributed by atoms with Crippen LogP contribution in [0.4, 0.5) is 0 Å². The fraction of sp³-hybridized carbons (Fsp3) is 0.647. The molecule has 0 aliphatic carbocycles. The van der Waals surface area contributed by atoms with Gasteiger partial charge in [0.1, 0.15) is 10.3 Å². The molecule has 1 saturated heterocycles. The van der Waals surface area contributed by atoms with E-state index in [2.05, 4.69) is 10.6 Å². The van der Waals surface area contributed by atoms with E-state index in [1.54, 1.807) is 24.4 Å². The quantitative estimate of drug-likeness (QED) is 0.725. The van der Waals surface area contributed by atoms with Crippen LogP contribution in [0.25, 0.3) is 0 Å². The SMILES string of the molecule is CCC(C)NC(=O)C(C)NC(=O)C1CCCN(S(=O)(=O)c2cccs2)C1. The highest BCUT2D eigenvalue weighted by Crippen LogP contribution is 2.26. The molecule has 2 amide bonds. The van der Waals surface area contributed by atoms with Crippen molar-refractivity contribution in [1.82, 2.24) is 14.9 Å². The summed E-state index contributed by atoms with van der Waals surface area (Å²) in [5, 5.41) is 7.27. The number of thiophene rings is 1. The second-order valence-corrected chi connectivity index (χ2v) is 9.79. The van der Waals surface area contributed by atoms with Gasteiger partial charge in [-0.2, -0.15) is 4.31 Å². The fourth-order valence-electron chi connectivity index (χ4n) is 2.78. The van der Waals surface area contributed by atoms with E-state index in [0.29, 0.717) is 23.6 Å². The highest BCUT2D eigenvalue weighted by Gasteiger charge is 2.34. The van der Waals surface area contributed by atoms with Crippen molar-refractivity contribution in [2.75, 3.05) is 13.1 Å². The summed E-state index contributed by atoms with van der Waals surface area (Å²) in [7, 11) is -3.56. The molecule has 0 saturated carbocycles. The molecule has 0 aromatic carbocycles. The lowest BCUT2D eigenvalue weighted by molar-refractivity contribution is -0.131. The molecule has 9 heteroatoms. The fourth-order valence-corrected chi connectivity index (χ4v) is 5.45. The molecule has 1 fully saturated rings. The maximum Gasteiger partial charge on any atom is 0.252 e. The van der Waals surface area contributed by atoms with Crippen molar-refractivity contribution in [1.29, 1.82) is 0 Å². The number of carbonyl (C=O) groups is 2. The predicted octanol–water partition coefficient (Wildman–Crippen LogP) is 1.57. The largest absolute Gasteiger partial charge is 0.352 e. The number of rotatable bonds is 7. The molecule has 3 unspecified atom stereocenters. The average Bonchev–Trinajstić information content (AvgIpc) is 3.17. The normalized spacial score (nSPS) is 21.0. The first-order chi connectivity index (χ1) is 12.3. The van der Waals surface area contributed by atoms with Crippen LogP contribution in [0.3, 0.4) is 0 Å². The predicted molar refractivity (Wildman–Crippen MR) is 101 cm³/mol. The van der Waals surface area contributed by atoms with Gasteiger partial charge in [0.2, 0.25) is 11.8 Å². The zero-order valence-electron chi connectivity index (χ0n) is 15.4. The van der Waals surface area contributed by atoms with Crippen molar-refractivity contribution in [3.63, 3.8) is 0 Å². The van der Waals surface area contributed by atoms with Crippen LogP contribution >= 0.6 is 11.3 Å². The Labute approximate surface area is 159 Å². The maximum absolute atomic E-state index is 12.6. The molecule has 2 heterocycles. The molecule has 1 aromatic heterocycles. The number of piperidine rings is 1. The van der Waals surface area contributed by atoms with Crippen LogP contribution in [0.2, 0.25) is 0 Å². The van der Waals surface area contributed by atoms with Crippen LogP contribution in [0, 0.1) is 5.92 Å². The topological polar surface area (TPSA) is 95.6 Å². The number of carbonyl (C=O) groups excluding carboxylic acids is 2. The Morgan fingerprint density at radius 1 is 1.35 bits per heavy atom. The summed E-state index contributed by atoms with van der Waals surface area (Å²) in [6.45, 7) is 6.07. The smallest absolute Gasteiger partial charge is 0.252 e. The summed E-state index contributed by atoms with van der Waals surface area (Å²) in [6.07, 6.45) is 2.04. The first-order valence-electron chi connectivity index (χ1n) is 8.90. The van der Waals surface area contributed by atoms with Gasteiger partial charge >= 0.3 is 0 Å². The molecule has 2 N–H and O–H groups in total. The number of nitrogens with zero attached hydrogens (tertiary/aromatic N) is 1. The van der Waals surface area contributed by atoms with E-state index in [-0.39, 0.29) is 24.4 Å². The van der Waals surface area contributed by atoms with E-state index >= 15 is 0 Å². The van der Waals surface area contributed by atoms with Gasteiger partial charge in [-0.05, 0) is 44.6 Å². The molecule has 1 aliphatic rings. The van der Waals surface area contributed by atoms with Gasteiger partial charge in [-0.25, -0.2) is 8.42 Å². The number of hydrogen-bond donors (Lipinski definition) is 2. The zero-order valence-corrected chi connectivity index (χ0v) is 17.0. The van der Waals surface area contributed by atoms with E-state index in [0.717, 1.165) is 6.42 Å². The summed E-state index contributed by atoms with van der Waals surface area (Å²) in [4.78, 5) is 24.6. The van der Waals surface area contributed by atoms with Gasteiger partial charge in [-0.1, -0.05) is 13.0 Å². The minimum atomic E-state index is -3.56. The van der Waals surface area contributed by atoms with Gasteiger partial charge in [0, 0.05) is 19.1 Å². The maximum atomic E-state index is 12.6. The van der Waals surface area contributed by atoms with E-state index in [4.69, 9.17) is 0 Å². The van der Waals surface area contributed by atoms with Crippen molar-refractivity contribution in [2.24, 2.45) is 5.92 Å². The van der Waals surface area contributed by atoms with Gasteiger partial charge in [-0.3, -0.25) is 9.59 Å². The summed E-state index contributed by atoms with van der Waals surface area (Å²) in [5.41, 5.74) is 0. The lowest BCUT2D eigenvalue weighted by atomic mass is 9.98. The van der Waals surface area contributed by atoms with E-state index in [1.165, 1.54) is 15.6 Å². The lowest BCUT2D eigenvalue weighted by Crippen LogP contribution is -2.51. The Morgan fingerprint density at radius 2 is 2.08 bits per heavy atom. The number of sulfonamides is 1. The van der Waals surface area contributed by atoms with E-state index in [1.807, 2.05) is 13.8 Å². The third kappa shape index (κ3) is 5.05. The summed E-state index contributed by atoms with van der Waals surface area (Å²) >= 11 is 1.17.